The molecule has 3 rings (SSSR count). The summed E-state index contributed by atoms with van der Waals surface area (Å²) >= 11 is 7.15. The molecule has 2 heterocycles. The molecular formula is C14H15Br2N3. The Morgan fingerprint density at radius 2 is 2.16 bits per heavy atom. The number of halogens is 2. The van der Waals surface area contributed by atoms with E-state index in [4.69, 9.17) is 0 Å². The van der Waals surface area contributed by atoms with Crippen LogP contribution in [0.2, 0.25) is 0 Å². The number of aromatic nitrogens is 2. The Morgan fingerprint density at radius 1 is 1.26 bits per heavy atom. The fraction of sp³-hybridized carbons (Fsp3) is 0.357. The second-order valence-electron chi connectivity index (χ2n) is 4.79. The van der Waals surface area contributed by atoms with Crippen LogP contribution < -0.4 is 5.32 Å². The topological polar surface area (TPSA) is 29.9 Å². The summed E-state index contributed by atoms with van der Waals surface area (Å²) in [6.07, 6.45) is 7.58. The first-order valence-corrected chi connectivity index (χ1v) is 8.05. The molecule has 0 bridgehead atoms. The van der Waals surface area contributed by atoms with Gasteiger partial charge in [0.2, 0.25) is 0 Å². The molecule has 1 aliphatic heterocycles. The molecule has 0 spiro atoms. The Hall–Kier alpha value is -0.650. The minimum Gasteiger partial charge on any atom is -0.309 e. The van der Waals surface area contributed by atoms with E-state index in [1.807, 2.05) is 18.6 Å². The first kappa shape index (κ1) is 13.3. The van der Waals surface area contributed by atoms with Crippen molar-refractivity contribution in [1.82, 2.24) is 14.9 Å². The summed E-state index contributed by atoms with van der Waals surface area (Å²) in [6, 6.07) is 6.60. The van der Waals surface area contributed by atoms with Crippen molar-refractivity contribution >= 4 is 31.9 Å². The van der Waals surface area contributed by atoms with E-state index in [1.54, 1.807) is 0 Å². The maximum Gasteiger partial charge on any atom is 0.0995 e. The van der Waals surface area contributed by atoms with Crippen molar-refractivity contribution in [3.63, 3.8) is 0 Å². The number of hydrogen-bond donors (Lipinski definition) is 1. The van der Waals surface area contributed by atoms with Crippen LogP contribution in [0.15, 0.2) is 39.7 Å². The monoisotopic (exact) mass is 383 g/mol. The quantitative estimate of drug-likeness (QED) is 0.840. The van der Waals surface area contributed by atoms with Crippen LogP contribution in [0.1, 0.15) is 31.0 Å². The van der Waals surface area contributed by atoms with Crippen molar-refractivity contribution in [2.24, 2.45) is 0 Å². The summed E-state index contributed by atoms with van der Waals surface area (Å²) < 4.78 is 4.31. The lowest BCUT2D eigenvalue weighted by Gasteiger charge is -2.24. The van der Waals surface area contributed by atoms with Crippen LogP contribution >= 0.6 is 31.9 Å². The van der Waals surface area contributed by atoms with E-state index in [2.05, 4.69) is 58.9 Å². The van der Waals surface area contributed by atoms with Crippen LogP contribution in [-0.2, 0) is 0 Å². The fourth-order valence-corrected chi connectivity index (χ4v) is 3.33. The molecule has 100 valence electrons. The lowest BCUT2D eigenvalue weighted by Crippen LogP contribution is -2.28. The average Bonchev–Trinajstić information content (AvgIpc) is 2.91. The van der Waals surface area contributed by atoms with Crippen molar-refractivity contribution in [2.45, 2.75) is 25.3 Å². The third-order valence-electron chi connectivity index (χ3n) is 3.50. The maximum absolute atomic E-state index is 4.33. The molecule has 0 saturated carbocycles. The normalized spacial score (nSPS) is 19.6. The predicted molar refractivity (Wildman–Crippen MR) is 83.6 cm³/mol. The highest BCUT2D eigenvalue weighted by Gasteiger charge is 2.19. The molecule has 1 aromatic heterocycles. The summed E-state index contributed by atoms with van der Waals surface area (Å²) in [4.78, 5) is 4.33. The van der Waals surface area contributed by atoms with Crippen LogP contribution in [0.3, 0.4) is 0 Å². The minimum absolute atomic E-state index is 0.405. The number of rotatable bonds is 2. The zero-order chi connectivity index (χ0) is 13.2. The standard InChI is InChI=1S/C14H15Br2N3/c15-10-4-5-11(16)13(7-10)19-9-17-8-14(19)12-3-1-2-6-18-12/h4-5,7-9,12,18H,1-3,6H2. The van der Waals surface area contributed by atoms with E-state index < -0.39 is 0 Å². The van der Waals surface area contributed by atoms with E-state index in [0.717, 1.165) is 21.2 Å². The molecule has 0 aliphatic carbocycles. The Bertz CT molecular complexity index is 574. The number of hydrogen-bond acceptors (Lipinski definition) is 2. The highest BCUT2D eigenvalue weighted by Crippen LogP contribution is 2.30. The molecule has 3 nitrogen and oxygen atoms in total. The molecule has 1 aliphatic rings. The van der Waals surface area contributed by atoms with E-state index in [9.17, 15) is 0 Å². The zero-order valence-corrected chi connectivity index (χ0v) is 13.6. The van der Waals surface area contributed by atoms with E-state index in [-0.39, 0.29) is 0 Å². The molecule has 5 heteroatoms. The van der Waals surface area contributed by atoms with Gasteiger partial charge in [0.25, 0.3) is 0 Å². The van der Waals surface area contributed by atoms with Gasteiger partial charge in [-0.1, -0.05) is 22.4 Å². The number of imidazole rings is 1. The van der Waals surface area contributed by atoms with Crippen LogP contribution in [0.5, 0.6) is 0 Å². The van der Waals surface area contributed by atoms with E-state index in [0.29, 0.717) is 6.04 Å². The molecule has 1 N–H and O–H groups in total. The summed E-state index contributed by atoms with van der Waals surface area (Å²) in [5.74, 6) is 0. The number of piperidine rings is 1. The third-order valence-corrected chi connectivity index (χ3v) is 4.67. The van der Waals surface area contributed by atoms with Gasteiger partial charge in [0, 0.05) is 15.0 Å². The van der Waals surface area contributed by atoms with Crippen LogP contribution in [0.4, 0.5) is 0 Å². The first-order chi connectivity index (χ1) is 9.25. The summed E-state index contributed by atoms with van der Waals surface area (Å²) in [6.45, 7) is 1.09. The lowest BCUT2D eigenvalue weighted by atomic mass is 10.0. The molecule has 2 aromatic rings. The zero-order valence-electron chi connectivity index (χ0n) is 10.4. The summed E-state index contributed by atoms with van der Waals surface area (Å²) in [5, 5.41) is 3.58. The Kier molecular flexibility index (Phi) is 4.05. The largest absolute Gasteiger partial charge is 0.309 e. The smallest absolute Gasteiger partial charge is 0.0995 e. The Morgan fingerprint density at radius 3 is 2.95 bits per heavy atom. The van der Waals surface area contributed by atoms with Gasteiger partial charge in [0.1, 0.15) is 0 Å². The Balaban J connectivity index is 2.01. The van der Waals surface area contributed by atoms with Gasteiger partial charge in [-0.2, -0.15) is 0 Å². The van der Waals surface area contributed by atoms with Gasteiger partial charge in [-0.3, -0.25) is 0 Å². The molecular weight excluding hydrogens is 370 g/mol. The third kappa shape index (κ3) is 2.78. The summed E-state index contributed by atoms with van der Waals surface area (Å²) in [5.41, 5.74) is 2.35. The fourth-order valence-electron chi connectivity index (χ4n) is 2.54. The van der Waals surface area contributed by atoms with Crippen molar-refractivity contribution in [1.29, 1.82) is 0 Å². The highest BCUT2D eigenvalue weighted by molar-refractivity contribution is 9.11. The predicted octanol–water partition coefficient (Wildman–Crippen LogP) is 4.21. The van der Waals surface area contributed by atoms with Gasteiger partial charge >= 0.3 is 0 Å². The highest BCUT2D eigenvalue weighted by atomic mass is 79.9. The molecule has 1 aromatic carbocycles. The van der Waals surface area contributed by atoms with E-state index >= 15 is 0 Å². The first-order valence-electron chi connectivity index (χ1n) is 6.47. The van der Waals surface area contributed by atoms with Crippen LogP contribution in [0, 0.1) is 0 Å². The molecule has 1 saturated heterocycles. The van der Waals surface area contributed by atoms with Crippen molar-refractivity contribution < 1.29 is 0 Å². The molecule has 1 fully saturated rings. The van der Waals surface area contributed by atoms with Crippen molar-refractivity contribution in [3.05, 3.63) is 45.4 Å². The molecule has 1 unspecified atom stereocenters. The van der Waals surface area contributed by atoms with Gasteiger partial charge in [0.05, 0.1) is 23.9 Å². The minimum atomic E-state index is 0.405. The number of nitrogens with zero attached hydrogens (tertiary/aromatic N) is 2. The van der Waals surface area contributed by atoms with Gasteiger partial charge in [-0.05, 0) is 53.5 Å². The second kappa shape index (κ2) is 5.77. The molecule has 1 atom stereocenters. The average molecular weight is 385 g/mol. The van der Waals surface area contributed by atoms with Gasteiger partial charge in [-0.25, -0.2) is 4.98 Å². The van der Waals surface area contributed by atoms with Gasteiger partial charge in [-0.15, -0.1) is 0 Å². The van der Waals surface area contributed by atoms with Crippen molar-refractivity contribution in [2.75, 3.05) is 6.54 Å². The maximum atomic E-state index is 4.33. The van der Waals surface area contributed by atoms with Gasteiger partial charge in [0.15, 0.2) is 0 Å². The molecule has 0 radical (unpaired) electrons. The van der Waals surface area contributed by atoms with Crippen LogP contribution in [-0.4, -0.2) is 16.1 Å². The van der Waals surface area contributed by atoms with Crippen molar-refractivity contribution in [3.8, 4) is 5.69 Å². The summed E-state index contributed by atoms with van der Waals surface area (Å²) in [7, 11) is 0. The SMILES string of the molecule is Brc1ccc(Br)c(-n2cncc2C2CCCCN2)c1. The van der Waals surface area contributed by atoms with E-state index in [1.165, 1.54) is 25.0 Å². The van der Waals surface area contributed by atoms with Gasteiger partial charge < -0.3 is 9.88 Å². The van der Waals surface area contributed by atoms with Crippen LogP contribution in [0.25, 0.3) is 5.69 Å². The molecule has 0 amide bonds. The molecule has 19 heavy (non-hydrogen) atoms. The number of benzene rings is 1. The second-order valence-corrected chi connectivity index (χ2v) is 6.56. The Labute approximate surface area is 129 Å². The number of nitrogens with one attached hydrogen (secondary N) is 1. The lowest BCUT2D eigenvalue weighted by molar-refractivity contribution is 0.402.